The summed E-state index contributed by atoms with van der Waals surface area (Å²) in [6, 6.07) is -0.450. The molecule has 16 heavy (non-hydrogen) atoms. The topological polar surface area (TPSA) is 74.1 Å². The Labute approximate surface area is 93.4 Å². The van der Waals surface area contributed by atoms with Crippen molar-refractivity contribution in [3.8, 4) is 0 Å². The molecule has 0 saturated carbocycles. The second-order valence-corrected chi connectivity index (χ2v) is 4.47. The van der Waals surface area contributed by atoms with Crippen LogP contribution in [0.15, 0.2) is 9.98 Å². The normalized spacial score (nSPS) is 28.2. The van der Waals surface area contributed by atoms with Crippen molar-refractivity contribution < 1.29 is 9.59 Å². The van der Waals surface area contributed by atoms with Crippen LogP contribution in [0.25, 0.3) is 0 Å². The maximum atomic E-state index is 11.9. The summed E-state index contributed by atoms with van der Waals surface area (Å²) < 4.78 is 0. The van der Waals surface area contributed by atoms with Crippen LogP contribution in [0.3, 0.4) is 0 Å². The van der Waals surface area contributed by atoms with E-state index in [2.05, 4.69) is 15.3 Å². The highest BCUT2D eigenvalue weighted by molar-refractivity contribution is 6.27. The number of carbonyl (C=O) groups is 2. The Morgan fingerprint density at radius 2 is 2.19 bits per heavy atom. The zero-order chi connectivity index (χ0) is 11.9. The average molecular weight is 222 g/mol. The van der Waals surface area contributed by atoms with E-state index in [1.54, 1.807) is 7.05 Å². The minimum Gasteiger partial charge on any atom is -0.282 e. The van der Waals surface area contributed by atoms with E-state index >= 15 is 0 Å². The zero-order valence-electron chi connectivity index (χ0n) is 9.52. The molecular weight excluding hydrogens is 208 g/mol. The fourth-order valence-corrected chi connectivity index (χ4v) is 2.08. The first-order chi connectivity index (χ1) is 7.47. The number of nitrogens with zero attached hydrogens (tertiary/aromatic N) is 3. The molecule has 2 rings (SSSR count). The van der Waals surface area contributed by atoms with Crippen molar-refractivity contribution in [3.05, 3.63) is 0 Å². The molecule has 3 amide bonds. The van der Waals surface area contributed by atoms with Crippen molar-refractivity contribution in [2.45, 2.75) is 25.8 Å². The van der Waals surface area contributed by atoms with Crippen LogP contribution in [-0.4, -0.2) is 41.6 Å². The highest BCUT2D eigenvalue weighted by Gasteiger charge is 2.52. The number of fused-ring (bicyclic) bond motifs is 1. The third-order valence-corrected chi connectivity index (χ3v) is 2.75. The molecule has 1 unspecified atom stereocenters. The molecule has 0 aromatic rings. The molecule has 1 saturated heterocycles. The summed E-state index contributed by atoms with van der Waals surface area (Å²) in [6.45, 7) is 4.01. The molecule has 2 aliphatic heterocycles. The van der Waals surface area contributed by atoms with Crippen molar-refractivity contribution in [2.75, 3.05) is 7.05 Å². The van der Waals surface area contributed by atoms with Crippen molar-refractivity contribution in [3.63, 3.8) is 0 Å². The van der Waals surface area contributed by atoms with Crippen molar-refractivity contribution in [1.82, 2.24) is 10.2 Å². The smallest absolute Gasteiger partial charge is 0.282 e. The monoisotopic (exact) mass is 222 g/mol. The number of nitrogens with one attached hydrogen (secondary N) is 1. The van der Waals surface area contributed by atoms with Gasteiger partial charge in [-0.05, 0) is 12.3 Å². The van der Waals surface area contributed by atoms with Gasteiger partial charge < -0.3 is 0 Å². The predicted octanol–water partition coefficient (Wildman–Crippen LogP) is 0.393. The Hall–Kier alpha value is -1.72. The van der Waals surface area contributed by atoms with Gasteiger partial charge in [0.1, 0.15) is 6.34 Å². The van der Waals surface area contributed by atoms with Gasteiger partial charge in [-0.2, -0.15) is 0 Å². The third-order valence-electron chi connectivity index (χ3n) is 2.75. The van der Waals surface area contributed by atoms with Crippen LogP contribution in [-0.2, 0) is 4.79 Å². The van der Waals surface area contributed by atoms with E-state index in [4.69, 9.17) is 0 Å². The van der Waals surface area contributed by atoms with Gasteiger partial charge in [-0.1, -0.05) is 13.8 Å². The van der Waals surface area contributed by atoms with Crippen LogP contribution in [0.1, 0.15) is 20.3 Å². The first-order valence-corrected chi connectivity index (χ1v) is 5.18. The van der Waals surface area contributed by atoms with E-state index in [1.807, 2.05) is 13.8 Å². The second kappa shape index (κ2) is 3.40. The zero-order valence-corrected chi connectivity index (χ0v) is 9.52. The summed E-state index contributed by atoms with van der Waals surface area (Å²) in [6.07, 6.45) is 1.90. The van der Waals surface area contributed by atoms with Gasteiger partial charge in [-0.25, -0.2) is 14.8 Å². The number of aliphatic imine (C=N–C) groups is 2. The number of hydrogen-bond acceptors (Lipinski definition) is 4. The Morgan fingerprint density at radius 1 is 1.50 bits per heavy atom. The van der Waals surface area contributed by atoms with E-state index in [1.165, 1.54) is 11.2 Å². The molecule has 0 aromatic heterocycles. The van der Waals surface area contributed by atoms with Crippen LogP contribution in [0.2, 0.25) is 0 Å². The molecule has 0 bridgehead atoms. The largest absolute Gasteiger partial charge is 0.329 e. The molecule has 0 spiro atoms. The lowest BCUT2D eigenvalue weighted by molar-refractivity contribution is -0.124. The molecule has 1 N–H and O–H groups in total. The second-order valence-electron chi connectivity index (χ2n) is 4.47. The Kier molecular flexibility index (Phi) is 2.29. The van der Waals surface area contributed by atoms with Crippen molar-refractivity contribution in [1.29, 1.82) is 0 Å². The number of rotatable bonds is 2. The molecule has 6 heteroatoms. The molecule has 86 valence electrons. The summed E-state index contributed by atoms with van der Waals surface area (Å²) in [5, 5.41) is 2.30. The number of likely N-dealkylation sites (N-methyl/N-ethyl adjacent to an activating group) is 1. The minimum absolute atomic E-state index is 0.285. The fraction of sp³-hybridized carbons (Fsp3) is 0.600. The van der Waals surface area contributed by atoms with Crippen LogP contribution in [0.4, 0.5) is 4.79 Å². The Balaban J connectivity index is 2.42. The van der Waals surface area contributed by atoms with Gasteiger partial charge in [0.2, 0.25) is 0 Å². The molecule has 2 aliphatic rings. The van der Waals surface area contributed by atoms with Crippen molar-refractivity contribution in [2.24, 2.45) is 15.9 Å². The minimum atomic E-state index is -1.00. The first kappa shape index (κ1) is 10.8. The molecule has 2 heterocycles. The first-order valence-electron chi connectivity index (χ1n) is 5.18. The van der Waals surface area contributed by atoms with Gasteiger partial charge in [0, 0.05) is 7.05 Å². The van der Waals surface area contributed by atoms with Crippen LogP contribution in [0.5, 0.6) is 0 Å². The molecule has 0 aliphatic carbocycles. The number of hydrogen-bond donors (Lipinski definition) is 1. The highest BCUT2D eigenvalue weighted by Crippen LogP contribution is 2.30. The molecule has 0 radical (unpaired) electrons. The fourth-order valence-electron chi connectivity index (χ4n) is 2.08. The van der Waals surface area contributed by atoms with Crippen LogP contribution in [0, 0.1) is 5.92 Å². The van der Waals surface area contributed by atoms with Gasteiger partial charge in [0.25, 0.3) is 5.91 Å². The average Bonchev–Trinajstić information content (AvgIpc) is 2.59. The molecule has 1 atom stereocenters. The van der Waals surface area contributed by atoms with Crippen LogP contribution >= 0.6 is 0 Å². The summed E-state index contributed by atoms with van der Waals surface area (Å²) >= 11 is 0. The summed E-state index contributed by atoms with van der Waals surface area (Å²) in [5.41, 5.74) is -1.00. The SMILES string of the molecule is CC(C)CC12N=CN=C1N(C)C(=O)NC2=O. The molecular formula is C10H14N4O2. The third kappa shape index (κ3) is 1.33. The van der Waals surface area contributed by atoms with E-state index in [-0.39, 0.29) is 11.8 Å². The van der Waals surface area contributed by atoms with E-state index < -0.39 is 11.6 Å². The number of carbonyl (C=O) groups excluding carboxylic acids is 2. The lowest BCUT2D eigenvalue weighted by Crippen LogP contribution is -2.65. The van der Waals surface area contributed by atoms with E-state index in [0.29, 0.717) is 12.3 Å². The van der Waals surface area contributed by atoms with Gasteiger partial charge in [0.05, 0.1) is 0 Å². The van der Waals surface area contributed by atoms with Crippen LogP contribution < -0.4 is 5.32 Å². The Bertz CT molecular complexity index is 413. The van der Waals surface area contributed by atoms with Gasteiger partial charge in [-0.3, -0.25) is 15.0 Å². The highest BCUT2D eigenvalue weighted by atomic mass is 16.2. The number of amidine groups is 1. The number of imide groups is 1. The van der Waals surface area contributed by atoms with E-state index in [0.717, 1.165) is 0 Å². The van der Waals surface area contributed by atoms with Crippen molar-refractivity contribution >= 4 is 24.1 Å². The van der Waals surface area contributed by atoms with Gasteiger partial charge in [0.15, 0.2) is 11.4 Å². The molecule has 6 nitrogen and oxygen atoms in total. The van der Waals surface area contributed by atoms with E-state index in [9.17, 15) is 9.59 Å². The standard InChI is InChI=1S/C10H14N4O2/c1-6(2)4-10-7(11-5-12-10)14(3)9(16)13-8(10)15/h5-6H,4H2,1-3H3,(H,13,15,16). The predicted molar refractivity (Wildman–Crippen MR) is 59.4 cm³/mol. The maximum Gasteiger partial charge on any atom is 0.329 e. The van der Waals surface area contributed by atoms with Gasteiger partial charge >= 0.3 is 6.03 Å². The maximum absolute atomic E-state index is 11.9. The Morgan fingerprint density at radius 3 is 2.81 bits per heavy atom. The number of urea groups is 1. The lowest BCUT2D eigenvalue weighted by Gasteiger charge is -2.36. The molecule has 1 fully saturated rings. The summed E-state index contributed by atoms with van der Waals surface area (Å²) in [7, 11) is 1.59. The quantitative estimate of drug-likeness (QED) is 0.734. The lowest BCUT2D eigenvalue weighted by atomic mass is 9.86. The van der Waals surface area contributed by atoms with Gasteiger partial charge in [-0.15, -0.1) is 0 Å². The number of amides is 3. The molecule has 0 aromatic carbocycles. The summed E-state index contributed by atoms with van der Waals surface area (Å²) in [4.78, 5) is 32.9. The summed E-state index contributed by atoms with van der Waals surface area (Å²) in [5.74, 6) is 0.333.